The van der Waals surface area contributed by atoms with Crippen LogP contribution in [-0.4, -0.2) is 56.6 Å². The lowest BCUT2D eigenvalue weighted by atomic mass is 9.76. The van der Waals surface area contributed by atoms with Gasteiger partial charge in [-0.3, -0.25) is 14.4 Å². The Bertz CT molecular complexity index is 1230. The van der Waals surface area contributed by atoms with E-state index in [0.717, 1.165) is 80.6 Å². The molecule has 0 aromatic carbocycles. The minimum Gasteiger partial charge on any atom is -0.436 e. The molecule has 6 bridgehead atoms. The second-order valence-corrected chi connectivity index (χ2v) is 19.1. The van der Waals surface area contributed by atoms with Gasteiger partial charge in [0.2, 0.25) is 6.29 Å². The van der Waals surface area contributed by atoms with Gasteiger partial charge >= 0.3 is 17.9 Å². The lowest BCUT2D eigenvalue weighted by molar-refractivity contribution is -0.193. The molecule has 54 heavy (non-hydrogen) atoms. The number of ether oxygens (including phenoxy) is 6. The van der Waals surface area contributed by atoms with Gasteiger partial charge in [0.1, 0.15) is 0 Å². The van der Waals surface area contributed by atoms with Gasteiger partial charge in [-0.1, -0.05) is 55.4 Å². The third-order valence-corrected chi connectivity index (χ3v) is 15.6. The summed E-state index contributed by atoms with van der Waals surface area (Å²) < 4.78 is 32.6. The summed E-state index contributed by atoms with van der Waals surface area (Å²) in [6.07, 6.45) is 8.74. The Kier molecular flexibility index (Phi) is 15.4. The molecule has 6 saturated carbocycles. The quantitative estimate of drug-likeness (QED) is 0.116. The highest BCUT2D eigenvalue weighted by Crippen LogP contribution is 2.57. The molecular weight excluding hydrogens is 684 g/mol. The predicted molar refractivity (Wildman–Crippen MR) is 207 cm³/mol. The van der Waals surface area contributed by atoms with Crippen molar-refractivity contribution in [3.63, 3.8) is 0 Å². The summed E-state index contributed by atoms with van der Waals surface area (Å²) in [6.45, 7) is 25.5. The Hall–Kier alpha value is -1.71. The highest BCUT2D eigenvalue weighted by molar-refractivity contribution is 5.74. The van der Waals surface area contributed by atoms with E-state index in [1.54, 1.807) is 6.92 Å². The van der Waals surface area contributed by atoms with E-state index in [9.17, 15) is 14.4 Å². The minimum absolute atomic E-state index is 0.00755. The SMILES string of the molecule is CC(C)COC(C)OC(=O)C1CC2CC1C(C)C2C.CC1C2CC(C(=O)OC3CCCCO3)C(C2)C1C.CCOC(C)OC(=O)C1CC2CC1C(C)C2C. The van der Waals surface area contributed by atoms with Crippen molar-refractivity contribution in [3.05, 3.63) is 0 Å². The van der Waals surface area contributed by atoms with Crippen LogP contribution in [0.2, 0.25) is 0 Å². The fourth-order valence-electron chi connectivity index (χ4n) is 11.8. The van der Waals surface area contributed by atoms with Crippen molar-refractivity contribution < 1.29 is 42.8 Å². The molecule has 0 amide bonds. The molecule has 0 aromatic heterocycles. The summed E-state index contributed by atoms with van der Waals surface area (Å²) >= 11 is 0. The van der Waals surface area contributed by atoms with Crippen LogP contribution in [0.1, 0.15) is 134 Å². The zero-order valence-corrected chi connectivity index (χ0v) is 35.6. The van der Waals surface area contributed by atoms with Gasteiger partial charge in [0.15, 0.2) is 12.6 Å². The van der Waals surface area contributed by atoms with E-state index >= 15 is 0 Å². The van der Waals surface area contributed by atoms with Gasteiger partial charge in [0, 0.05) is 13.0 Å². The molecule has 0 aromatic rings. The van der Waals surface area contributed by atoms with Crippen molar-refractivity contribution >= 4 is 17.9 Å². The van der Waals surface area contributed by atoms with E-state index in [4.69, 9.17) is 28.4 Å². The summed E-state index contributed by atoms with van der Waals surface area (Å²) in [6, 6.07) is 0. The molecule has 9 heteroatoms. The monoisotopic (exact) mass is 761 g/mol. The van der Waals surface area contributed by atoms with Gasteiger partial charge in [-0.05, 0) is 149 Å². The van der Waals surface area contributed by atoms with Crippen LogP contribution in [0, 0.1) is 94.7 Å². The Labute approximate surface area is 327 Å². The third-order valence-electron chi connectivity index (χ3n) is 15.6. The molecule has 0 radical (unpaired) electrons. The van der Waals surface area contributed by atoms with Crippen molar-refractivity contribution in [1.29, 1.82) is 0 Å². The van der Waals surface area contributed by atoms with Crippen LogP contribution < -0.4 is 0 Å². The molecule has 7 fully saturated rings. The standard InChI is InChI=1S/C16H28O3.C15H24O3.C14H24O3/c1-9(2)8-18-12(5)19-16(17)15-7-13-6-14(15)11(4)10(13)3;1-9-10(2)12-7-11(9)8-13(12)15(16)18-14-5-3-4-6-17-14;1-5-16-10(4)17-14(15)13-7-11-6-12(13)9(3)8(11)2/h9-15H,6-8H2,1-5H3;9-14H,3-8H2,1-2H3;8-13H,5-7H2,1-4H3. The Morgan fingerprint density at radius 3 is 1.35 bits per heavy atom. The summed E-state index contributed by atoms with van der Waals surface area (Å²) in [5.41, 5.74) is 0. The molecule has 1 saturated heterocycles. The van der Waals surface area contributed by atoms with Crippen molar-refractivity contribution in [3.8, 4) is 0 Å². The maximum atomic E-state index is 12.3. The lowest BCUT2D eigenvalue weighted by Crippen LogP contribution is -2.34. The zero-order valence-electron chi connectivity index (χ0n) is 35.6. The fraction of sp³-hybridized carbons (Fsp3) is 0.933. The first kappa shape index (κ1) is 43.4. The normalized spacial score (nSPS) is 42.4. The topological polar surface area (TPSA) is 107 Å². The zero-order chi connectivity index (χ0) is 39.4. The number of carbonyl (C=O) groups is 3. The van der Waals surface area contributed by atoms with Crippen molar-refractivity contribution in [2.24, 2.45) is 94.7 Å². The summed E-state index contributed by atoms with van der Waals surface area (Å²) in [7, 11) is 0. The second-order valence-electron chi connectivity index (χ2n) is 19.1. The lowest BCUT2D eigenvalue weighted by Gasteiger charge is -2.32. The largest absolute Gasteiger partial charge is 0.436 e. The molecule has 7 rings (SSSR count). The average molecular weight is 761 g/mol. The molecule has 1 heterocycles. The minimum atomic E-state index is -0.415. The van der Waals surface area contributed by atoms with Crippen LogP contribution in [-0.2, 0) is 42.8 Å². The fourth-order valence-corrected chi connectivity index (χ4v) is 11.8. The number of rotatable bonds is 11. The number of hydrogen-bond acceptors (Lipinski definition) is 9. The number of hydrogen-bond donors (Lipinski definition) is 0. The Morgan fingerprint density at radius 1 is 0.574 bits per heavy atom. The van der Waals surface area contributed by atoms with Gasteiger partial charge in [-0.2, -0.15) is 0 Å². The molecule has 7 aliphatic rings. The van der Waals surface area contributed by atoms with Crippen LogP contribution in [0.25, 0.3) is 0 Å². The molecule has 18 unspecified atom stereocenters. The highest BCUT2D eigenvalue weighted by Gasteiger charge is 2.54. The van der Waals surface area contributed by atoms with Gasteiger partial charge in [-0.15, -0.1) is 0 Å². The maximum Gasteiger partial charge on any atom is 0.311 e. The Morgan fingerprint density at radius 2 is 1.00 bits per heavy atom. The van der Waals surface area contributed by atoms with Crippen molar-refractivity contribution in [1.82, 2.24) is 0 Å². The number of esters is 3. The maximum absolute atomic E-state index is 12.3. The summed E-state index contributed by atoms with van der Waals surface area (Å²) in [5, 5.41) is 0. The van der Waals surface area contributed by atoms with Crippen LogP contribution >= 0.6 is 0 Å². The van der Waals surface area contributed by atoms with E-state index in [2.05, 4.69) is 55.4 Å². The average Bonchev–Trinajstić information content (AvgIpc) is 3.99. The molecule has 1 aliphatic heterocycles. The molecule has 9 nitrogen and oxygen atoms in total. The molecule has 18 atom stereocenters. The van der Waals surface area contributed by atoms with Gasteiger partial charge in [0.25, 0.3) is 0 Å². The smallest absolute Gasteiger partial charge is 0.311 e. The molecule has 6 aliphatic carbocycles. The first-order valence-electron chi connectivity index (χ1n) is 22.1. The van der Waals surface area contributed by atoms with E-state index < -0.39 is 12.6 Å². The van der Waals surface area contributed by atoms with Gasteiger partial charge in [-0.25, -0.2) is 0 Å². The number of carbonyl (C=O) groups excluding carboxylic acids is 3. The second kappa shape index (κ2) is 19.2. The third kappa shape index (κ3) is 10.0. The molecular formula is C45H76O9. The van der Waals surface area contributed by atoms with Crippen LogP contribution in [0.5, 0.6) is 0 Å². The first-order valence-corrected chi connectivity index (χ1v) is 22.1. The Balaban J connectivity index is 0.000000156. The van der Waals surface area contributed by atoms with Crippen LogP contribution in [0.15, 0.2) is 0 Å². The van der Waals surface area contributed by atoms with Gasteiger partial charge < -0.3 is 28.4 Å². The highest BCUT2D eigenvalue weighted by atomic mass is 16.7. The van der Waals surface area contributed by atoms with Crippen LogP contribution in [0.3, 0.4) is 0 Å². The molecule has 0 spiro atoms. The van der Waals surface area contributed by atoms with Crippen molar-refractivity contribution in [2.45, 2.75) is 153 Å². The summed E-state index contributed by atoms with van der Waals surface area (Å²) in [5.74, 6) is 8.91. The van der Waals surface area contributed by atoms with E-state index in [-0.39, 0.29) is 42.0 Å². The van der Waals surface area contributed by atoms with Crippen LogP contribution in [0.4, 0.5) is 0 Å². The van der Waals surface area contributed by atoms with E-state index in [0.29, 0.717) is 54.6 Å². The molecule has 310 valence electrons. The number of fused-ring (bicyclic) bond motifs is 6. The van der Waals surface area contributed by atoms with E-state index in [1.807, 2.05) is 13.8 Å². The molecule has 0 N–H and O–H groups in total. The first-order chi connectivity index (χ1) is 25.6. The van der Waals surface area contributed by atoms with Gasteiger partial charge in [0.05, 0.1) is 31.0 Å². The van der Waals surface area contributed by atoms with E-state index in [1.165, 1.54) is 19.3 Å². The summed E-state index contributed by atoms with van der Waals surface area (Å²) in [4.78, 5) is 36.6. The van der Waals surface area contributed by atoms with Crippen molar-refractivity contribution in [2.75, 3.05) is 19.8 Å². The predicted octanol–water partition coefficient (Wildman–Crippen LogP) is 9.30.